The minimum atomic E-state index is 0.294. The quantitative estimate of drug-likeness (QED) is 0.850. The third-order valence-corrected chi connectivity index (χ3v) is 4.31. The van der Waals surface area contributed by atoms with Crippen LogP contribution in [-0.4, -0.2) is 16.5 Å². The summed E-state index contributed by atoms with van der Waals surface area (Å²) in [6, 6.07) is 8.50. The molecule has 2 aromatic rings. The molecule has 0 aliphatic carbocycles. The average Bonchev–Trinajstić information content (AvgIpc) is 2.47. The van der Waals surface area contributed by atoms with Gasteiger partial charge in [0.2, 0.25) is 0 Å². The number of aromatic nitrogens is 2. The predicted octanol–water partition coefficient (Wildman–Crippen LogP) is 4.20. The molecule has 4 heteroatoms. The fourth-order valence-corrected chi connectivity index (χ4v) is 2.74. The van der Waals surface area contributed by atoms with E-state index in [0.717, 1.165) is 35.4 Å². The zero-order valence-corrected chi connectivity index (χ0v) is 14.4. The molecular weight excluding hydrogens is 326 g/mol. The Morgan fingerprint density at radius 3 is 2.71 bits per heavy atom. The molecule has 1 unspecified atom stereocenters. The maximum Gasteiger partial charge on any atom is 0.132 e. The van der Waals surface area contributed by atoms with Crippen molar-refractivity contribution in [2.24, 2.45) is 0 Å². The largest absolute Gasteiger partial charge is 0.310 e. The molecule has 1 aromatic carbocycles. The van der Waals surface area contributed by atoms with Gasteiger partial charge in [-0.15, -0.1) is 0 Å². The van der Waals surface area contributed by atoms with E-state index in [4.69, 9.17) is 0 Å². The van der Waals surface area contributed by atoms with Gasteiger partial charge in [0, 0.05) is 34.4 Å². The van der Waals surface area contributed by atoms with Crippen molar-refractivity contribution in [2.75, 3.05) is 6.54 Å². The van der Waals surface area contributed by atoms with E-state index in [1.54, 1.807) is 0 Å². The molecule has 2 rings (SSSR count). The van der Waals surface area contributed by atoms with Gasteiger partial charge in [-0.1, -0.05) is 41.1 Å². The third-order valence-electron chi connectivity index (χ3n) is 3.54. The van der Waals surface area contributed by atoms with Crippen LogP contribution in [0.1, 0.15) is 49.0 Å². The molecule has 1 atom stereocenters. The number of nitrogens with one attached hydrogen (secondary N) is 1. The van der Waals surface area contributed by atoms with Crippen molar-refractivity contribution in [2.45, 2.75) is 39.7 Å². The van der Waals surface area contributed by atoms with Crippen LogP contribution in [0.3, 0.4) is 0 Å². The minimum absolute atomic E-state index is 0.294. The molecule has 0 bridgehead atoms. The van der Waals surface area contributed by atoms with Gasteiger partial charge in [0.05, 0.1) is 0 Å². The summed E-state index contributed by atoms with van der Waals surface area (Å²) in [4.78, 5) is 9.20. The molecule has 1 aromatic heterocycles. The van der Waals surface area contributed by atoms with Crippen molar-refractivity contribution < 1.29 is 0 Å². The van der Waals surface area contributed by atoms with Crippen LogP contribution in [0.5, 0.6) is 0 Å². The van der Waals surface area contributed by atoms with E-state index in [0.29, 0.717) is 6.04 Å². The zero-order valence-electron chi connectivity index (χ0n) is 12.9. The number of hydrogen-bond acceptors (Lipinski definition) is 3. The van der Waals surface area contributed by atoms with Gasteiger partial charge in [-0.2, -0.15) is 0 Å². The first-order valence-electron chi connectivity index (χ1n) is 7.41. The first-order chi connectivity index (χ1) is 10.1. The maximum atomic E-state index is 4.67. The normalized spacial score (nSPS) is 12.4. The number of halogens is 1. The third kappa shape index (κ3) is 4.35. The Morgan fingerprint density at radius 2 is 2.05 bits per heavy atom. The molecule has 21 heavy (non-hydrogen) atoms. The molecule has 0 aliphatic heterocycles. The summed E-state index contributed by atoms with van der Waals surface area (Å²) in [6.07, 6.45) is 3.84. The van der Waals surface area contributed by atoms with E-state index in [1.165, 1.54) is 11.1 Å². The number of nitrogens with zero attached hydrogens (tertiary/aromatic N) is 2. The Balaban J connectivity index is 2.14. The molecule has 3 nitrogen and oxygen atoms in total. The summed E-state index contributed by atoms with van der Waals surface area (Å²) in [5, 5.41) is 3.48. The molecule has 1 N–H and O–H groups in total. The second kappa shape index (κ2) is 7.66. The molecule has 112 valence electrons. The summed E-state index contributed by atoms with van der Waals surface area (Å²) in [6.45, 7) is 7.41. The van der Waals surface area contributed by atoms with Crippen molar-refractivity contribution in [1.82, 2.24) is 15.3 Å². The van der Waals surface area contributed by atoms with Crippen LogP contribution in [-0.2, 0) is 6.42 Å². The Hall–Kier alpha value is -1.26. The first kappa shape index (κ1) is 16.1. The molecule has 0 radical (unpaired) electrons. The monoisotopic (exact) mass is 347 g/mol. The molecule has 0 amide bonds. The highest BCUT2D eigenvalue weighted by molar-refractivity contribution is 9.10. The van der Waals surface area contributed by atoms with Gasteiger partial charge in [-0.05, 0) is 38.4 Å². The predicted molar refractivity (Wildman–Crippen MR) is 90.4 cm³/mol. The fourth-order valence-electron chi connectivity index (χ4n) is 2.32. The van der Waals surface area contributed by atoms with E-state index >= 15 is 0 Å². The molecule has 0 saturated heterocycles. The van der Waals surface area contributed by atoms with Crippen LogP contribution >= 0.6 is 15.9 Å². The van der Waals surface area contributed by atoms with Crippen LogP contribution in [0.4, 0.5) is 0 Å². The second-order valence-corrected chi connectivity index (χ2v) is 6.13. The van der Waals surface area contributed by atoms with Gasteiger partial charge in [0.1, 0.15) is 5.82 Å². The van der Waals surface area contributed by atoms with E-state index < -0.39 is 0 Å². The number of rotatable bonds is 6. The van der Waals surface area contributed by atoms with Gasteiger partial charge >= 0.3 is 0 Å². The van der Waals surface area contributed by atoms with Gasteiger partial charge < -0.3 is 5.32 Å². The lowest BCUT2D eigenvalue weighted by Crippen LogP contribution is -2.21. The standard InChI is InChI=1S/C17H22BrN3/c1-4-9-19-12(2)15-11-20-17(21-13(15)3)10-14-7-5-6-8-16(14)18/h5-8,11-12,19H,4,9-10H2,1-3H3. The Bertz CT molecular complexity index is 598. The highest BCUT2D eigenvalue weighted by Crippen LogP contribution is 2.20. The topological polar surface area (TPSA) is 37.8 Å². The van der Waals surface area contributed by atoms with Crippen LogP contribution in [0, 0.1) is 6.92 Å². The molecular formula is C17H22BrN3. The minimum Gasteiger partial charge on any atom is -0.310 e. The molecule has 0 spiro atoms. The number of hydrogen-bond donors (Lipinski definition) is 1. The first-order valence-corrected chi connectivity index (χ1v) is 8.20. The smallest absolute Gasteiger partial charge is 0.132 e. The van der Waals surface area contributed by atoms with Crippen LogP contribution in [0.25, 0.3) is 0 Å². The van der Waals surface area contributed by atoms with Crippen molar-refractivity contribution in [3.05, 3.63) is 57.6 Å². The molecule has 0 aliphatic rings. The number of aryl methyl sites for hydroxylation is 1. The van der Waals surface area contributed by atoms with Crippen LogP contribution in [0.2, 0.25) is 0 Å². The van der Waals surface area contributed by atoms with E-state index in [-0.39, 0.29) is 0 Å². The van der Waals surface area contributed by atoms with Gasteiger partial charge in [0.25, 0.3) is 0 Å². The van der Waals surface area contributed by atoms with E-state index in [1.807, 2.05) is 24.4 Å². The Morgan fingerprint density at radius 1 is 1.29 bits per heavy atom. The van der Waals surface area contributed by atoms with Crippen LogP contribution in [0.15, 0.2) is 34.9 Å². The zero-order chi connectivity index (χ0) is 15.2. The summed E-state index contributed by atoms with van der Waals surface area (Å²) < 4.78 is 1.10. The highest BCUT2D eigenvalue weighted by atomic mass is 79.9. The number of benzene rings is 1. The van der Waals surface area contributed by atoms with Crippen molar-refractivity contribution in [3.63, 3.8) is 0 Å². The summed E-state index contributed by atoms with van der Waals surface area (Å²) in [5.74, 6) is 0.867. The lowest BCUT2D eigenvalue weighted by Gasteiger charge is -2.15. The van der Waals surface area contributed by atoms with Crippen molar-refractivity contribution in [1.29, 1.82) is 0 Å². The summed E-state index contributed by atoms with van der Waals surface area (Å²) >= 11 is 3.57. The van der Waals surface area contributed by atoms with Crippen molar-refractivity contribution >= 4 is 15.9 Å². The molecule has 1 heterocycles. The lowest BCUT2D eigenvalue weighted by molar-refractivity contribution is 0.563. The lowest BCUT2D eigenvalue weighted by atomic mass is 10.1. The summed E-state index contributed by atoms with van der Waals surface area (Å²) in [5.41, 5.74) is 3.45. The van der Waals surface area contributed by atoms with Gasteiger partial charge in [-0.3, -0.25) is 0 Å². The van der Waals surface area contributed by atoms with Crippen molar-refractivity contribution in [3.8, 4) is 0 Å². The summed E-state index contributed by atoms with van der Waals surface area (Å²) in [7, 11) is 0. The molecule has 0 saturated carbocycles. The van der Waals surface area contributed by atoms with Gasteiger partial charge in [0.15, 0.2) is 0 Å². The van der Waals surface area contributed by atoms with E-state index in [2.05, 4.69) is 58.1 Å². The SMILES string of the molecule is CCCNC(C)c1cnc(Cc2ccccc2Br)nc1C. The fraction of sp³-hybridized carbons (Fsp3) is 0.412. The van der Waals surface area contributed by atoms with Gasteiger partial charge in [-0.25, -0.2) is 9.97 Å². The Kier molecular flexibility index (Phi) is 5.88. The Labute approximate surface area is 135 Å². The average molecular weight is 348 g/mol. The highest BCUT2D eigenvalue weighted by Gasteiger charge is 2.11. The van der Waals surface area contributed by atoms with Crippen LogP contribution < -0.4 is 5.32 Å². The second-order valence-electron chi connectivity index (χ2n) is 5.27. The molecule has 0 fully saturated rings. The maximum absolute atomic E-state index is 4.67. The van der Waals surface area contributed by atoms with E-state index in [9.17, 15) is 0 Å².